The zero-order valence-electron chi connectivity index (χ0n) is 11.5. The fourth-order valence-electron chi connectivity index (χ4n) is 3.03. The number of nitrogens with two attached hydrogens (primary N) is 1. The molecule has 0 radical (unpaired) electrons. The van der Waals surface area contributed by atoms with Crippen LogP contribution in [0.4, 0.5) is 5.13 Å². The zero-order valence-corrected chi connectivity index (χ0v) is 12.3. The van der Waals surface area contributed by atoms with E-state index in [-0.39, 0.29) is 6.04 Å². The van der Waals surface area contributed by atoms with Crippen LogP contribution in [-0.4, -0.2) is 18.1 Å². The first kappa shape index (κ1) is 12.2. The van der Waals surface area contributed by atoms with Crippen LogP contribution in [0.1, 0.15) is 55.1 Å². The number of anilines is 1. The Balaban J connectivity index is 1.56. The molecule has 2 fully saturated rings. The van der Waals surface area contributed by atoms with E-state index in [4.69, 9.17) is 10.7 Å². The Labute approximate surface area is 119 Å². The van der Waals surface area contributed by atoms with Crippen molar-refractivity contribution in [2.45, 2.75) is 51.0 Å². The molecule has 0 aromatic carbocycles. The third kappa shape index (κ3) is 2.65. The lowest BCUT2D eigenvalue weighted by atomic mass is 9.99. The molecule has 2 saturated carbocycles. The smallest absolute Gasteiger partial charge is 0.185 e. The minimum atomic E-state index is 0.192. The molecule has 0 bridgehead atoms. The minimum absolute atomic E-state index is 0.192. The second kappa shape index (κ2) is 4.74. The van der Waals surface area contributed by atoms with Gasteiger partial charge in [-0.25, -0.2) is 4.98 Å². The Kier molecular flexibility index (Phi) is 3.03. The van der Waals surface area contributed by atoms with Gasteiger partial charge in [0, 0.05) is 24.0 Å². The van der Waals surface area contributed by atoms with Crippen molar-refractivity contribution in [3.63, 3.8) is 0 Å². The average molecular weight is 277 g/mol. The third-order valence-electron chi connectivity index (χ3n) is 4.61. The molecular weight excluding hydrogens is 254 g/mol. The largest absolute Gasteiger partial charge is 0.348 e. The normalized spacial score (nSPS) is 26.3. The van der Waals surface area contributed by atoms with Gasteiger partial charge < -0.3 is 10.6 Å². The number of fused-ring (bicyclic) bond motifs is 1. The molecule has 0 aliphatic heterocycles. The molecule has 3 aliphatic rings. The van der Waals surface area contributed by atoms with Gasteiger partial charge in [0.2, 0.25) is 0 Å². The number of aromatic nitrogens is 1. The summed E-state index contributed by atoms with van der Waals surface area (Å²) in [4.78, 5) is 8.95. The zero-order chi connectivity index (χ0) is 12.8. The van der Waals surface area contributed by atoms with Crippen LogP contribution in [0.15, 0.2) is 0 Å². The highest BCUT2D eigenvalue weighted by Gasteiger charge is 2.32. The molecule has 1 unspecified atom stereocenters. The van der Waals surface area contributed by atoms with Crippen molar-refractivity contribution in [3.05, 3.63) is 10.6 Å². The summed E-state index contributed by atoms with van der Waals surface area (Å²) in [7, 11) is 0. The maximum atomic E-state index is 6.21. The van der Waals surface area contributed by atoms with Gasteiger partial charge in [-0.3, -0.25) is 0 Å². The standard InChI is InChI=1S/C15H23N3S/c16-12-2-1-3-13-14(12)17-15(19-13)18(8-10-4-5-10)9-11-6-7-11/h10-12H,1-9,16H2. The second-order valence-corrected chi connectivity index (χ2v) is 7.66. The number of aryl methyl sites for hydroxylation is 1. The van der Waals surface area contributed by atoms with Gasteiger partial charge in [0.05, 0.1) is 5.69 Å². The Bertz CT molecular complexity index is 448. The second-order valence-electron chi connectivity index (χ2n) is 6.60. The van der Waals surface area contributed by atoms with Crippen molar-refractivity contribution in [1.29, 1.82) is 0 Å². The van der Waals surface area contributed by atoms with E-state index < -0.39 is 0 Å². The van der Waals surface area contributed by atoms with E-state index in [0.29, 0.717) is 0 Å². The fraction of sp³-hybridized carbons (Fsp3) is 0.800. The Morgan fingerprint density at radius 2 is 1.79 bits per heavy atom. The van der Waals surface area contributed by atoms with Gasteiger partial charge >= 0.3 is 0 Å². The quantitative estimate of drug-likeness (QED) is 0.899. The van der Waals surface area contributed by atoms with Gasteiger partial charge in [-0.2, -0.15) is 0 Å². The van der Waals surface area contributed by atoms with Gasteiger partial charge in [-0.15, -0.1) is 11.3 Å². The summed E-state index contributed by atoms with van der Waals surface area (Å²) < 4.78 is 0. The maximum absolute atomic E-state index is 6.21. The van der Waals surface area contributed by atoms with Gasteiger partial charge in [0.15, 0.2) is 5.13 Å². The molecule has 0 spiro atoms. The topological polar surface area (TPSA) is 42.1 Å². The van der Waals surface area contributed by atoms with Crippen LogP contribution in [-0.2, 0) is 6.42 Å². The van der Waals surface area contributed by atoms with Crippen LogP contribution in [0, 0.1) is 11.8 Å². The summed E-state index contributed by atoms with van der Waals surface area (Å²) in [6, 6.07) is 0.192. The van der Waals surface area contributed by atoms with Crippen LogP contribution in [0.2, 0.25) is 0 Å². The molecule has 0 amide bonds. The van der Waals surface area contributed by atoms with E-state index in [2.05, 4.69) is 4.90 Å². The van der Waals surface area contributed by atoms with Crippen molar-refractivity contribution in [1.82, 2.24) is 4.98 Å². The first-order valence-electron chi connectivity index (χ1n) is 7.79. The van der Waals surface area contributed by atoms with Gasteiger partial charge in [0.1, 0.15) is 0 Å². The average Bonchev–Trinajstić information content (AvgIpc) is 3.31. The predicted octanol–water partition coefficient (Wildman–Crippen LogP) is 3.11. The molecule has 1 atom stereocenters. The monoisotopic (exact) mass is 277 g/mol. The summed E-state index contributed by atoms with van der Waals surface area (Å²) in [5.74, 6) is 1.88. The highest BCUT2D eigenvalue weighted by Crippen LogP contribution is 2.40. The molecule has 1 aromatic rings. The molecule has 19 heavy (non-hydrogen) atoms. The highest BCUT2D eigenvalue weighted by atomic mass is 32.1. The van der Waals surface area contributed by atoms with Gasteiger partial charge in [-0.1, -0.05) is 0 Å². The minimum Gasteiger partial charge on any atom is -0.348 e. The Hall–Kier alpha value is -0.610. The van der Waals surface area contributed by atoms with Crippen molar-refractivity contribution in [2.75, 3.05) is 18.0 Å². The summed E-state index contributed by atoms with van der Waals surface area (Å²) in [5, 5.41) is 1.26. The summed E-state index contributed by atoms with van der Waals surface area (Å²) >= 11 is 1.92. The summed E-state index contributed by atoms with van der Waals surface area (Å²) in [5.41, 5.74) is 7.42. The highest BCUT2D eigenvalue weighted by molar-refractivity contribution is 7.15. The molecule has 1 heterocycles. The van der Waals surface area contributed by atoms with Crippen LogP contribution < -0.4 is 10.6 Å². The summed E-state index contributed by atoms with van der Waals surface area (Å²) in [6.45, 7) is 2.47. The predicted molar refractivity (Wildman–Crippen MR) is 79.6 cm³/mol. The van der Waals surface area contributed by atoms with E-state index in [1.807, 2.05) is 11.3 Å². The van der Waals surface area contributed by atoms with Crippen molar-refractivity contribution in [3.8, 4) is 0 Å². The number of thiazole rings is 1. The molecule has 2 N–H and O–H groups in total. The fourth-order valence-corrected chi connectivity index (χ4v) is 4.22. The van der Waals surface area contributed by atoms with Gasteiger partial charge in [0.25, 0.3) is 0 Å². The summed E-state index contributed by atoms with van der Waals surface area (Å²) in [6.07, 6.45) is 9.24. The number of rotatable bonds is 5. The van der Waals surface area contributed by atoms with E-state index in [9.17, 15) is 0 Å². The van der Waals surface area contributed by atoms with Gasteiger partial charge in [-0.05, 0) is 56.8 Å². The molecule has 3 aliphatic carbocycles. The lowest BCUT2D eigenvalue weighted by molar-refractivity contribution is 0.562. The SMILES string of the molecule is NC1CCCc2sc(N(CC3CC3)CC3CC3)nc21. The molecular formula is C15H23N3S. The number of hydrogen-bond acceptors (Lipinski definition) is 4. The lowest BCUT2D eigenvalue weighted by Crippen LogP contribution is -2.28. The lowest BCUT2D eigenvalue weighted by Gasteiger charge is -2.21. The first-order chi connectivity index (χ1) is 9.29. The van der Waals surface area contributed by atoms with Crippen LogP contribution in [0.5, 0.6) is 0 Å². The first-order valence-corrected chi connectivity index (χ1v) is 8.61. The van der Waals surface area contributed by atoms with E-state index in [1.165, 1.54) is 67.3 Å². The van der Waals surface area contributed by atoms with Crippen molar-refractivity contribution >= 4 is 16.5 Å². The molecule has 0 saturated heterocycles. The van der Waals surface area contributed by atoms with E-state index in [0.717, 1.165) is 18.3 Å². The van der Waals surface area contributed by atoms with Crippen LogP contribution in [0.25, 0.3) is 0 Å². The molecule has 1 aromatic heterocycles. The molecule has 4 heteroatoms. The Morgan fingerprint density at radius 1 is 1.11 bits per heavy atom. The molecule has 3 nitrogen and oxygen atoms in total. The van der Waals surface area contributed by atoms with Crippen LogP contribution >= 0.6 is 11.3 Å². The Morgan fingerprint density at radius 3 is 2.37 bits per heavy atom. The maximum Gasteiger partial charge on any atom is 0.185 e. The molecule has 4 rings (SSSR count). The number of hydrogen-bond donors (Lipinski definition) is 1. The van der Waals surface area contributed by atoms with Crippen molar-refractivity contribution in [2.24, 2.45) is 17.6 Å². The number of nitrogens with zero attached hydrogens (tertiary/aromatic N) is 2. The van der Waals surface area contributed by atoms with E-state index in [1.54, 1.807) is 0 Å². The molecule has 104 valence electrons. The van der Waals surface area contributed by atoms with Crippen molar-refractivity contribution < 1.29 is 0 Å². The van der Waals surface area contributed by atoms with E-state index >= 15 is 0 Å². The van der Waals surface area contributed by atoms with Crippen LogP contribution in [0.3, 0.4) is 0 Å². The third-order valence-corrected chi connectivity index (χ3v) is 5.80.